The van der Waals surface area contributed by atoms with Crippen molar-refractivity contribution in [3.05, 3.63) is 0 Å². The van der Waals surface area contributed by atoms with Gasteiger partial charge in [0.2, 0.25) is 5.91 Å². The Bertz CT molecular complexity index is 327. The van der Waals surface area contributed by atoms with E-state index in [-0.39, 0.29) is 5.91 Å². The standard InChI is InChI=1S/C11H19N3OS/c1-8-7-14(6-5-13(8)2)10(15)11(3-4-11)9(12)16/h8H,3-7H2,1-2H3,(H2,12,16). The Balaban J connectivity index is 2.04. The van der Waals surface area contributed by atoms with Crippen LogP contribution in [-0.2, 0) is 4.79 Å². The van der Waals surface area contributed by atoms with Gasteiger partial charge in [-0.1, -0.05) is 12.2 Å². The number of thiocarbonyl (C=S) groups is 1. The molecular formula is C11H19N3OS. The Morgan fingerprint density at radius 3 is 2.50 bits per heavy atom. The topological polar surface area (TPSA) is 49.6 Å². The molecule has 16 heavy (non-hydrogen) atoms. The molecule has 4 nitrogen and oxygen atoms in total. The van der Waals surface area contributed by atoms with Crippen molar-refractivity contribution in [2.75, 3.05) is 26.7 Å². The summed E-state index contributed by atoms with van der Waals surface area (Å²) in [5, 5.41) is 0. The highest BCUT2D eigenvalue weighted by atomic mass is 32.1. The third kappa shape index (κ3) is 1.82. The number of piperazine rings is 1. The van der Waals surface area contributed by atoms with E-state index in [1.54, 1.807) is 0 Å². The van der Waals surface area contributed by atoms with Gasteiger partial charge in [-0.05, 0) is 26.8 Å². The molecule has 0 aromatic carbocycles. The monoisotopic (exact) mass is 241 g/mol. The molecule has 1 atom stereocenters. The summed E-state index contributed by atoms with van der Waals surface area (Å²) in [5.74, 6) is 0.153. The fourth-order valence-electron chi connectivity index (χ4n) is 2.23. The first-order valence-corrected chi connectivity index (χ1v) is 6.18. The van der Waals surface area contributed by atoms with Gasteiger partial charge in [0.25, 0.3) is 0 Å². The van der Waals surface area contributed by atoms with Crippen LogP contribution in [0.4, 0.5) is 0 Å². The van der Waals surface area contributed by atoms with Crippen molar-refractivity contribution >= 4 is 23.1 Å². The van der Waals surface area contributed by atoms with E-state index in [0.29, 0.717) is 11.0 Å². The number of hydrogen-bond donors (Lipinski definition) is 1. The van der Waals surface area contributed by atoms with Crippen LogP contribution in [-0.4, -0.2) is 53.4 Å². The van der Waals surface area contributed by atoms with Gasteiger partial charge in [0, 0.05) is 25.7 Å². The Hall–Kier alpha value is -0.680. The number of hydrogen-bond acceptors (Lipinski definition) is 3. The van der Waals surface area contributed by atoms with Crippen molar-refractivity contribution in [1.82, 2.24) is 9.80 Å². The predicted octanol–water partition coefficient (Wildman–Crippen LogP) is 0.215. The first kappa shape index (κ1) is 11.8. The lowest BCUT2D eigenvalue weighted by molar-refractivity contribution is -0.137. The fraction of sp³-hybridized carbons (Fsp3) is 0.818. The molecule has 2 aliphatic rings. The zero-order valence-electron chi connectivity index (χ0n) is 9.90. The van der Waals surface area contributed by atoms with E-state index in [0.717, 1.165) is 32.5 Å². The minimum atomic E-state index is -0.481. The lowest BCUT2D eigenvalue weighted by Crippen LogP contribution is -2.55. The second kappa shape index (κ2) is 3.96. The molecule has 1 heterocycles. The normalized spacial score (nSPS) is 28.9. The van der Waals surface area contributed by atoms with E-state index in [2.05, 4.69) is 18.9 Å². The van der Waals surface area contributed by atoms with Gasteiger partial charge < -0.3 is 15.5 Å². The van der Waals surface area contributed by atoms with Gasteiger partial charge in [0.1, 0.15) is 0 Å². The van der Waals surface area contributed by atoms with E-state index in [1.807, 2.05) is 4.90 Å². The largest absolute Gasteiger partial charge is 0.392 e. The third-order valence-electron chi connectivity index (χ3n) is 3.88. The molecule has 2 fully saturated rings. The van der Waals surface area contributed by atoms with Crippen LogP contribution in [0.3, 0.4) is 0 Å². The van der Waals surface area contributed by atoms with Crippen LogP contribution in [0.1, 0.15) is 19.8 Å². The second-order valence-electron chi connectivity index (χ2n) is 5.03. The lowest BCUT2D eigenvalue weighted by atomic mass is 10.0. The number of amides is 1. The lowest BCUT2D eigenvalue weighted by Gasteiger charge is -2.39. The van der Waals surface area contributed by atoms with E-state index in [4.69, 9.17) is 18.0 Å². The van der Waals surface area contributed by atoms with E-state index in [9.17, 15) is 4.79 Å². The molecule has 1 unspecified atom stereocenters. The van der Waals surface area contributed by atoms with Crippen molar-refractivity contribution in [1.29, 1.82) is 0 Å². The quantitative estimate of drug-likeness (QED) is 0.703. The SMILES string of the molecule is CC1CN(C(=O)C2(C(N)=S)CC2)CCN1C. The molecule has 0 aromatic heterocycles. The van der Waals surface area contributed by atoms with Gasteiger partial charge in [0.15, 0.2) is 0 Å². The van der Waals surface area contributed by atoms with Crippen LogP contribution < -0.4 is 5.73 Å². The zero-order chi connectivity index (χ0) is 11.9. The van der Waals surface area contributed by atoms with Crippen LogP contribution in [0, 0.1) is 5.41 Å². The average molecular weight is 241 g/mol. The number of carbonyl (C=O) groups is 1. The summed E-state index contributed by atoms with van der Waals surface area (Å²) in [6.07, 6.45) is 1.67. The summed E-state index contributed by atoms with van der Waals surface area (Å²) in [4.78, 5) is 16.9. The molecule has 0 bridgehead atoms. The average Bonchev–Trinajstić information content (AvgIpc) is 3.02. The van der Waals surface area contributed by atoms with Crippen LogP contribution in [0.25, 0.3) is 0 Å². The van der Waals surface area contributed by atoms with Crippen molar-refractivity contribution in [3.63, 3.8) is 0 Å². The maximum absolute atomic E-state index is 12.3. The molecule has 1 aliphatic heterocycles. The number of nitrogens with two attached hydrogens (primary N) is 1. The summed E-state index contributed by atoms with van der Waals surface area (Å²) >= 11 is 5.01. The number of nitrogens with zero attached hydrogens (tertiary/aromatic N) is 2. The summed E-state index contributed by atoms with van der Waals surface area (Å²) in [7, 11) is 2.09. The highest BCUT2D eigenvalue weighted by molar-refractivity contribution is 7.80. The summed E-state index contributed by atoms with van der Waals surface area (Å²) in [6, 6.07) is 0.417. The number of likely N-dealkylation sites (N-methyl/N-ethyl adjacent to an activating group) is 1. The van der Waals surface area contributed by atoms with Gasteiger partial charge >= 0.3 is 0 Å². The highest BCUT2D eigenvalue weighted by Gasteiger charge is 2.54. The molecule has 2 rings (SSSR count). The van der Waals surface area contributed by atoms with Gasteiger partial charge in [-0.2, -0.15) is 0 Å². The minimum Gasteiger partial charge on any atom is -0.392 e. The van der Waals surface area contributed by atoms with Crippen molar-refractivity contribution in [2.24, 2.45) is 11.1 Å². The first-order chi connectivity index (χ1) is 7.47. The van der Waals surface area contributed by atoms with Gasteiger partial charge in [0.05, 0.1) is 10.4 Å². The maximum Gasteiger partial charge on any atom is 0.235 e. The Labute approximate surface area is 102 Å². The zero-order valence-corrected chi connectivity index (χ0v) is 10.7. The Morgan fingerprint density at radius 1 is 1.44 bits per heavy atom. The first-order valence-electron chi connectivity index (χ1n) is 5.77. The summed E-state index contributed by atoms with van der Waals surface area (Å²) < 4.78 is 0. The van der Waals surface area contributed by atoms with Gasteiger partial charge in [-0.15, -0.1) is 0 Å². The molecule has 1 saturated carbocycles. The van der Waals surface area contributed by atoms with E-state index in [1.165, 1.54) is 0 Å². The molecule has 1 amide bonds. The Kier molecular flexibility index (Phi) is 2.92. The molecule has 90 valence electrons. The number of carbonyl (C=O) groups excluding carboxylic acids is 1. The highest BCUT2D eigenvalue weighted by Crippen LogP contribution is 2.47. The van der Waals surface area contributed by atoms with Crippen LogP contribution >= 0.6 is 12.2 Å². The van der Waals surface area contributed by atoms with Gasteiger partial charge in [-0.25, -0.2) is 0 Å². The maximum atomic E-state index is 12.3. The van der Waals surface area contributed by atoms with Gasteiger partial charge in [-0.3, -0.25) is 4.79 Å². The van der Waals surface area contributed by atoms with Crippen molar-refractivity contribution < 1.29 is 4.79 Å². The van der Waals surface area contributed by atoms with Crippen LogP contribution in [0.15, 0.2) is 0 Å². The van der Waals surface area contributed by atoms with E-state index < -0.39 is 5.41 Å². The predicted molar refractivity (Wildman–Crippen MR) is 67.1 cm³/mol. The van der Waals surface area contributed by atoms with Crippen molar-refractivity contribution in [3.8, 4) is 0 Å². The molecule has 0 radical (unpaired) electrons. The molecule has 2 N–H and O–H groups in total. The molecule has 1 saturated heterocycles. The number of rotatable bonds is 2. The van der Waals surface area contributed by atoms with E-state index >= 15 is 0 Å². The van der Waals surface area contributed by atoms with Crippen molar-refractivity contribution in [2.45, 2.75) is 25.8 Å². The van der Waals surface area contributed by atoms with Crippen LogP contribution in [0.5, 0.6) is 0 Å². The smallest absolute Gasteiger partial charge is 0.235 e. The minimum absolute atomic E-state index is 0.153. The molecular weight excluding hydrogens is 222 g/mol. The summed E-state index contributed by atoms with van der Waals surface area (Å²) in [5.41, 5.74) is 5.19. The molecule has 0 aromatic rings. The third-order valence-corrected chi connectivity index (χ3v) is 4.27. The molecule has 0 spiro atoms. The second-order valence-corrected chi connectivity index (χ2v) is 5.47. The Morgan fingerprint density at radius 2 is 2.06 bits per heavy atom. The molecule has 1 aliphatic carbocycles. The van der Waals surface area contributed by atoms with Crippen LogP contribution in [0.2, 0.25) is 0 Å². The summed E-state index contributed by atoms with van der Waals surface area (Å²) in [6.45, 7) is 4.66. The fourth-order valence-corrected chi connectivity index (χ4v) is 2.52. The molecule has 5 heteroatoms.